The highest BCUT2D eigenvalue weighted by atomic mass is 16.3. The van der Waals surface area contributed by atoms with Crippen molar-refractivity contribution >= 4 is 16.6 Å². The predicted octanol–water partition coefficient (Wildman–Crippen LogP) is 2.17. The molecule has 0 spiro atoms. The van der Waals surface area contributed by atoms with E-state index in [0.717, 1.165) is 29.4 Å². The normalized spacial score (nSPS) is 24.1. The van der Waals surface area contributed by atoms with Crippen LogP contribution in [0.4, 0.5) is 5.69 Å². The van der Waals surface area contributed by atoms with Gasteiger partial charge in [-0.1, -0.05) is 18.2 Å². The monoisotopic (exact) mass is 214 g/mol. The van der Waals surface area contributed by atoms with Crippen molar-refractivity contribution in [3.63, 3.8) is 0 Å². The van der Waals surface area contributed by atoms with Crippen LogP contribution in [0, 0.1) is 0 Å². The summed E-state index contributed by atoms with van der Waals surface area (Å²) in [4.78, 5) is 4.32. The molecule has 1 saturated carbocycles. The molecule has 2 aromatic rings. The van der Waals surface area contributed by atoms with Crippen molar-refractivity contribution < 1.29 is 5.11 Å². The number of fused-ring (bicyclic) bond motifs is 1. The van der Waals surface area contributed by atoms with Crippen LogP contribution in [0.1, 0.15) is 12.8 Å². The van der Waals surface area contributed by atoms with E-state index in [1.54, 1.807) is 0 Å². The van der Waals surface area contributed by atoms with E-state index in [1.165, 1.54) is 0 Å². The Hall–Kier alpha value is -1.61. The topological polar surface area (TPSA) is 45.1 Å². The summed E-state index contributed by atoms with van der Waals surface area (Å²) in [6.45, 7) is 0. The van der Waals surface area contributed by atoms with E-state index in [-0.39, 0.29) is 6.10 Å². The summed E-state index contributed by atoms with van der Waals surface area (Å²) in [5.74, 6) is 0. The van der Waals surface area contributed by atoms with Crippen LogP contribution in [0.2, 0.25) is 0 Å². The second-order valence-electron chi connectivity index (χ2n) is 4.34. The van der Waals surface area contributed by atoms with Crippen LogP contribution in [0.15, 0.2) is 36.5 Å². The van der Waals surface area contributed by atoms with E-state index in [0.29, 0.717) is 6.04 Å². The van der Waals surface area contributed by atoms with Crippen molar-refractivity contribution in [2.24, 2.45) is 0 Å². The first kappa shape index (κ1) is 9.60. The van der Waals surface area contributed by atoms with Gasteiger partial charge < -0.3 is 10.4 Å². The van der Waals surface area contributed by atoms with Gasteiger partial charge in [0.25, 0.3) is 0 Å². The second-order valence-corrected chi connectivity index (χ2v) is 4.34. The average molecular weight is 214 g/mol. The van der Waals surface area contributed by atoms with Crippen LogP contribution in [-0.4, -0.2) is 22.2 Å². The van der Waals surface area contributed by atoms with Crippen LogP contribution in [0.5, 0.6) is 0 Å². The summed E-state index contributed by atoms with van der Waals surface area (Å²) in [7, 11) is 0. The Morgan fingerprint density at radius 1 is 1.19 bits per heavy atom. The number of benzene rings is 1. The molecule has 1 aromatic heterocycles. The Morgan fingerprint density at radius 3 is 2.81 bits per heavy atom. The van der Waals surface area contributed by atoms with E-state index >= 15 is 0 Å². The van der Waals surface area contributed by atoms with E-state index in [2.05, 4.69) is 16.4 Å². The van der Waals surface area contributed by atoms with E-state index in [4.69, 9.17) is 0 Å². The minimum Gasteiger partial charge on any atom is -0.393 e. The molecule has 0 saturated heterocycles. The standard InChI is InChI=1S/C13H14N2O/c16-10-7-9(8-10)15-13-5-6-14-12-4-2-1-3-11(12)13/h1-6,9-10,16H,7-8H2,(H,14,15). The maximum Gasteiger partial charge on any atom is 0.0722 e. The Bertz CT molecular complexity index is 501. The number of para-hydroxylation sites is 1. The van der Waals surface area contributed by atoms with Gasteiger partial charge in [-0.05, 0) is 25.0 Å². The largest absolute Gasteiger partial charge is 0.393 e. The molecule has 0 amide bonds. The van der Waals surface area contributed by atoms with E-state index in [9.17, 15) is 5.11 Å². The molecule has 82 valence electrons. The molecular formula is C13H14N2O. The van der Waals surface area contributed by atoms with Crippen molar-refractivity contribution in [3.05, 3.63) is 36.5 Å². The summed E-state index contributed by atoms with van der Waals surface area (Å²) >= 11 is 0. The highest BCUT2D eigenvalue weighted by molar-refractivity contribution is 5.90. The molecule has 1 fully saturated rings. The number of aromatic nitrogens is 1. The summed E-state index contributed by atoms with van der Waals surface area (Å²) in [6.07, 6.45) is 3.39. The Labute approximate surface area is 94.1 Å². The fourth-order valence-electron chi connectivity index (χ4n) is 2.15. The quantitative estimate of drug-likeness (QED) is 0.805. The van der Waals surface area contributed by atoms with Gasteiger partial charge in [-0.2, -0.15) is 0 Å². The molecule has 0 aliphatic heterocycles. The number of aliphatic hydroxyl groups excluding tert-OH is 1. The maximum atomic E-state index is 9.26. The molecule has 0 atom stereocenters. The molecule has 16 heavy (non-hydrogen) atoms. The molecule has 0 radical (unpaired) electrons. The van der Waals surface area contributed by atoms with Crippen molar-refractivity contribution in [2.75, 3.05) is 5.32 Å². The van der Waals surface area contributed by atoms with Crippen LogP contribution in [-0.2, 0) is 0 Å². The molecule has 0 unspecified atom stereocenters. The number of nitrogens with one attached hydrogen (secondary N) is 1. The average Bonchev–Trinajstić information content (AvgIpc) is 2.27. The Kier molecular flexibility index (Phi) is 2.26. The number of hydrogen-bond acceptors (Lipinski definition) is 3. The van der Waals surface area contributed by atoms with Gasteiger partial charge in [-0.3, -0.25) is 4.98 Å². The SMILES string of the molecule is OC1CC(Nc2ccnc3ccccc23)C1. The lowest BCUT2D eigenvalue weighted by molar-refractivity contribution is 0.0837. The summed E-state index contributed by atoms with van der Waals surface area (Å²) in [5.41, 5.74) is 2.12. The zero-order chi connectivity index (χ0) is 11.0. The van der Waals surface area contributed by atoms with Gasteiger partial charge >= 0.3 is 0 Å². The molecule has 1 heterocycles. The summed E-state index contributed by atoms with van der Waals surface area (Å²) < 4.78 is 0. The zero-order valence-corrected chi connectivity index (χ0v) is 8.93. The number of nitrogens with zero attached hydrogens (tertiary/aromatic N) is 1. The molecule has 3 heteroatoms. The van der Waals surface area contributed by atoms with Gasteiger partial charge in [0.2, 0.25) is 0 Å². The lowest BCUT2D eigenvalue weighted by atomic mass is 9.89. The number of rotatable bonds is 2. The number of aliphatic hydroxyl groups is 1. The van der Waals surface area contributed by atoms with Crippen molar-refractivity contribution in [2.45, 2.75) is 25.0 Å². The Balaban J connectivity index is 1.91. The van der Waals surface area contributed by atoms with Gasteiger partial charge in [0, 0.05) is 23.3 Å². The van der Waals surface area contributed by atoms with Crippen LogP contribution in [0.25, 0.3) is 10.9 Å². The molecule has 1 aromatic carbocycles. The van der Waals surface area contributed by atoms with Gasteiger partial charge in [0.1, 0.15) is 0 Å². The van der Waals surface area contributed by atoms with Gasteiger partial charge in [-0.15, -0.1) is 0 Å². The van der Waals surface area contributed by atoms with Crippen molar-refractivity contribution in [1.29, 1.82) is 0 Å². The third-order valence-corrected chi connectivity index (χ3v) is 3.12. The molecule has 3 nitrogen and oxygen atoms in total. The lowest BCUT2D eigenvalue weighted by Gasteiger charge is -2.33. The van der Waals surface area contributed by atoms with Crippen molar-refractivity contribution in [1.82, 2.24) is 4.98 Å². The fraction of sp³-hybridized carbons (Fsp3) is 0.308. The first-order valence-corrected chi connectivity index (χ1v) is 5.61. The molecule has 1 aliphatic rings. The predicted molar refractivity (Wildman–Crippen MR) is 64.4 cm³/mol. The molecule has 1 aliphatic carbocycles. The number of hydrogen-bond donors (Lipinski definition) is 2. The zero-order valence-electron chi connectivity index (χ0n) is 8.93. The fourth-order valence-corrected chi connectivity index (χ4v) is 2.15. The minimum atomic E-state index is -0.120. The molecule has 3 rings (SSSR count). The van der Waals surface area contributed by atoms with Crippen molar-refractivity contribution in [3.8, 4) is 0 Å². The second kappa shape index (κ2) is 3.76. The molecule has 2 N–H and O–H groups in total. The first-order chi connectivity index (χ1) is 7.83. The highest BCUT2D eigenvalue weighted by Crippen LogP contribution is 2.27. The van der Waals surface area contributed by atoms with Crippen LogP contribution < -0.4 is 5.32 Å². The number of pyridine rings is 1. The van der Waals surface area contributed by atoms with Gasteiger partial charge in [-0.25, -0.2) is 0 Å². The minimum absolute atomic E-state index is 0.120. The summed E-state index contributed by atoms with van der Waals surface area (Å²) in [6, 6.07) is 10.5. The smallest absolute Gasteiger partial charge is 0.0722 e. The third-order valence-electron chi connectivity index (χ3n) is 3.12. The molecular weight excluding hydrogens is 200 g/mol. The highest BCUT2D eigenvalue weighted by Gasteiger charge is 2.27. The van der Waals surface area contributed by atoms with Crippen LogP contribution in [0.3, 0.4) is 0 Å². The van der Waals surface area contributed by atoms with Gasteiger partial charge in [0.05, 0.1) is 11.6 Å². The Morgan fingerprint density at radius 2 is 2.00 bits per heavy atom. The lowest BCUT2D eigenvalue weighted by Crippen LogP contribution is -2.38. The summed E-state index contributed by atoms with van der Waals surface area (Å²) in [5, 5.41) is 13.9. The first-order valence-electron chi connectivity index (χ1n) is 5.61. The van der Waals surface area contributed by atoms with E-state index < -0.39 is 0 Å². The van der Waals surface area contributed by atoms with E-state index in [1.807, 2.05) is 30.5 Å². The number of anilines is 1. The van der Waals surface area contributed by atoms with Crippen LogP contribution >= 0.6 is 0 Å². The molecule has 0 bridgehead atoms. The third kappa shape index (κ3) is 1.63. The van der Waals surface area contributed by atoms with Gasteiger partial charge in [0.15, 0.2) is 0 Å². The maximum absolute atomic E-state index is 9.26.